The minimum atomic E-state index is -0.0526. The summed E-state index contributed by atoms with van der Waals surface area (Å²) in [6, 6.07) is 5.64. The molecule has 4 nitrogen and oxygen atoms in total. The van der Waals surface area contributed by atoms with Crippen molar-refractivity contribution in [3.63, 3.8) is 0 Å². The Bertz CT molecular complexity index is 511. The normalized spacial score (nSPS) is 23.5. The fraction of sp³-hybridized carbons (Fsp3) is 0.533. The Hall–Kier alpha value is -0.810. The second-order valence-corrected chi connectivity index (χ2v) is 6.39. The number of likely N-dealkylation sites (tertiary alicyclic amines) is 1. The molecule has 21 heavy (non-hydrogen) atoms. The molecule has 1 aromatic carbocycles. The highest BCUT2D eigenvalue weighted by Gasteiger charge is 2.32. The lowest BCUT2D eigenvalue weighted by Crippen LogP contribution is -2.49. The average molecular weight is 328 g/mol. The van der Waals surface area contributed by atoms with Crippen LogP contribution in [0.1, 0.15) is 16.8 Å². The molecule has 1 atom stereocenters. The molecule has 6 heteroatoms. The van der Waals surface area contributed by atoms with Gasteiger partial charge in [0.15, 0.2) is 0 Å². The Kier molecular flexibility index (Phi) is 4.69. The summed E-state index contributed by atoms with van der Waals surface area (Å²) in [5.41, 5.74) is 0.432. The van der Waals surface area contributed by atoms with E-state index >= 15 is 0 Å². The van der Waals surface area contributed by atoms with Gasteiger partial charge in [0.1, 0.15) is 0 Å². The van der Waals surface area contributed by atoms with Crippen molar-refractivity contribution >= 4 is 29.1 Å². The quantitative estimate of drug-likeness (QED) is 0.903. The van der Waals surface area contributed by atoms with E-state index in [9.17, 15) is 4.79 Å². The molecule has 3 rings (SSSR count). The van der Waals surface area contributed by atoms with E-state index in [1.54, 1.807) is 18.2 Å². The maximum atomic E-state index is 12.6. The maximum Gasteiger partial charge on any atom is 0.256 e. The molecule has 1 unspecified atom stereocenters. The van der Waals surface area contributed by atoms with Crippen molar-refractivity contribution in [2.75, 3.05) is 39.3 Å². The monoisotopic (exact) mass is 327 g/mol. The van der Waals surface area contributed by atoms with Gasteiger partial charge in [0.05, 0.1) is 15.6 Å². The van der Waals surface area contributed by atoms with Crippen LogP contribution in [0.5, 0.6) is 0 Å². The van der Waals surface area contributed by atoms with Gasteiger partial charge in [-0.15, -0.1) is 0 Å². The van der Waals surface area contributed by atoms with Crippen molar-refractivity contribution in [3.8, 4) is 0 Å². The van der Waals surface area contributed by atoms with Crippen molar-refractivity contribution in [2.45, 2.75) is 12.5 Å². The van der Waals surface area contributed by atoms with Crippen LogP contribution in [0.3, 0.4) is 0 Å². The number of carbonyl (C=O) groups excluding carboxylic acids is 1. The van der Waals surface area contributed by atoms with Crippen LogP contribution in [-0.2, 0) is 0 Å². The average Bonchev–Trinajstić information content (AvgIpc) is 2.97. The first kappa shape index (κ1) is 15.1. The fourth-order valence-electron chi connectivity index (χ4n) is 3.13. The van der Waals surface area contributed by atoms with E-state index in [4.69, 9.17) is 23.2 Å². The first-order valence-electron chi connectivity index (χ1n) is 7.35. The number of hydrogen-bond acceptors (Lipinski definition) is 3. The van der Waals surface area contributed by atoms with Gasteiger partial charge in [0, 0.05) is 45.3 Å². The number of nitrogens with one attached hydrogen (secondary N) is 1. The highest BCUT2D eigenvalue weighted by atomic mass is 35.5. The molecule has 0 saturated carbocycles. The molecule has 0 aromatic heterocycles. The molecule has 2 saturated heterocycles. The molecule has 0 spiro atoms. The largest absolute Gasteiger partial charge is 0.337 e. The predicted molar refractivity (Wildman–Crippen MR) is 85.2 cm³/mol. The number of carbonyl (C=O) groups is 1. The Morgan fingerprint density at radius 2 is 1.81 bits per heavy atom. The van der Waals surface area contributed by atoms with Gasteiger partial charge >= 0.3 is 0 Å². The molecule has 114 valence electrons. The minimum absolute atomic E-state index is 0.0526. The summed E-state index contributed by atoms with van der Waals surface area (Å²) in [7, 11) is 0. The molecular formula is C15H19Cl2N3O. The summed E-state index contributed by atoms with van der Waals surface area (Å²) in [6.07, 6.45) is 1.02. The lowest BCUT2D eigenvalue weighted by Gasteiger charge is -2.32. The third kappa shape index (κ3) is 3.19. The van der Waals surface area contributed by atoms with Crippen LogP contribution in [0.15, 0.2) is 18.2 Å². The van der Waals surface area contributed by atoms with Gasteiger partial charge in [-0.1, -0.05) is 29.3 Å². The summed E-state index contributed by atoms with van der Waals surface area (Å²) in [6.45, 7) is 5.70. The molecule has 0 aliphatic carbocycles. The van der Waals surface area contributed by atoms with E-state index in [1.807, 2.05) is 4.90 Å². The van der Waals surface area contributed by atoms with Crippen LogP contribution in [0, 0.1) is 0 Å². The van der Waals surface area contributed by atoms with E-state index < -0.39 is 0 Å². The van der Waals surface area contributed by atoms with Crippen molar-refractivity contribution < 1.29 is 4.79 Å². The summed E-state index contributed by atoms with van der Waals surface area (Å²) in [4.78, 5) is 17.0. The van der Waals surface area contributed by atoms with Crippen molar-refractivity contribution in [2.24, 2.45) is 0 Å². The molecular weight excluding hydrogens is 309 g/mol. The third-order valence-corrected chi connectivity index (χ3v) is 4.93. The van der Waals surface area contributed by atoms with Crippen molar-refractivity contribution in [1.82, 2.24) is 15.1 Å². The first-order chi connectivity index (χ1) is 10.2. The highest BCUT2D eigenvalue weighted by Crippen LogP contribution is 2.27. The standard InChI is InChI=1S/C15H19Cl2N3O/c16-12-2-1-3-13(17)14(12)15(21)20-7-4-11(10-20)19-8-5-18-6-9-19/h1-3,11,18H,4-10H2. The van der Waals surface area contributed by atoms with E-state index in [0.717, 1.165) is 45.7 Å². The highest BCUT2D eigenvalue weighted by molar-refractivity contribution is 6.39. The van der Waals surface area contributed by atoms with Gasteiger partial charge in [-0.2, -0.15) is 0 Å². The van der Waals surface area contributed by atoms with Gasteiger partial charge in [-0.3, -0.25) is 9.69 Å². The second kappa shape index (κ2) is 6.53. The zero-order valence-corrected chi connectivity index (χ0v) is 13.3. The van der Waals surface area contributed by atoms with Crippen LogP contribution in [-0.4, -0.2) is 61.0 Å². The maximum absolute atomic E-state index is 12.6. The smallest absolute Gasteiger partial charge is 0.256 e. The third-order valence-electron chi connectivity index (χ3n) is 4.30. The Morgan fingerprint density at radius 1 is 1.14 bits per heavy atom. The van der Waals surface area contributed by atoms with Crippen LogP contribution in [0.25, 0.3) is 0 Å². The predicted octanol–water partition coefficient (Wildman–Crippen LogP) is 2.11. The van der Waals surface area contributed by atoms with Gasteiger partial charge < -0.3 is 10.2 Å². The van der Waals surface area contributed by atoms with Crippen molar-refractivity contribution in [1.29, 1.82) is 0 Å². The summed E-state index contributed by atoms with van der Waals surface area (Å²) >= 11 is 12.3. The van der Waals surface area contributed by atoms with E-state index in [-0.39, 0.29) is 5.91 Å². The number of hydrogen-bond donors (Lipinski definition) is 1. The SMILES string of the molecule is O=C(c1c(Cl)cccc1Cl)N1CCC(N2CCNCC2)C1. The second-order valence-electron chi connectivity index (χ2n) is 5.58. The molecule has 1 amide bonds. The minimum Gasteiger partial charge on any atom is -0.337 e. The van der Waals surface area contributed by atoms with Crippen LogP contribution < -0.4 is 5.32 Å². The Balaban J connectivity index is 1.69. The number of rotatable bonds is 2. The van der Waals surface area contributed by atoms with Crippen molar-refractivity contribution in [3.05, 3.63) is 33.8 Å². The lowest BCUT2D eigenvalue weighted by molar-refractivity contribution is 0.0774. The molecule has 0 bridgehead atoms. The van der Waals surface area contributed by atoms with Gasteiger partial charge in [-0.05, 0) is 18.6 Å². The van der Waals surface area contributed by atoms with Crippen LogP contribution >= 0.6 is 23.2 Å². The van der Waals surface area contributed by atoms with E-state index in [0.29, 0.717) is 21.7 Å². The number of piperazine rings is 1. The van der Waals surface area contributed by atoms with E-state index in [1.165, 1.54) is 0 Å². The molecule has 1 aromatic rings. The van der Waals surface area contributed by atoms with Gasteiger partial charge in [0.2, 0.25) is 0 Å². The summed E-state index contributed by atoms with van der Waals surface area (Å²) < 4.78 is 0. The fourth-order valence-corrected chi connectivity index (χ4v) is 3.69. The Labute approximate surface area is 135 Å². The number of amides is 1. The first-order valence-corrected chi connectivity index (χ1v) is 8.10. The summed E-state index contributed by atoms with van der Waals surface area (Å²) in [5, 5.41) is 4.21. The zero-order valence-electron chi connectivity index (χ0n) is 11.8. The molecule has 0 radical (unpaired) electrons. The van der Waals surface area contributed by atoms with Crippen LogP contribution in [0.2, 0.25) is 10.0 Å². The number of halogens is 2. The zero-order chi connectivity index (χ0) is 14.8. The number of benzene rings is 1. The Morgan fingerprint density at radius 3 is 2.48 bits per heavy atom. The lowest BCUT2D eigenvalue weighted by atomic mass is 10.2. The number of nitrogens with zero attached hydrogens (tertiary/aromatic N) is 2. The molecule has 2 aliphatic heterocycles. The summed E-state index contributed by atoms with van der Waals surface area (Å²) in [5.74, 6) is -0.0526. The van der Waals surface area contributed by atoms with Crippen LogP contribution in [0.4, 0.5) is 0 Å². The van der Waals surface area contributed by atoms with Gasteiger partial charge in [-0.25, -0.2) is 0 Å². The topological polar surface area (TPSA) is 35.6 Å². The van der Waals surface area contributed by atoms with Gasteiger partial charge in [0.25, 0.3) is 5.91 Å². The molecule has 2 fully saturated rings. The molecule has 2 heterocycles. The van der Waals surface area contributed by atoms with E-state index in [2.05, 4.69) is 10.2 Å². The molecule has 1 N–H and O–H groups in total. The molecule has 2 aliphatic rings.